The van der Waals surface area contributed by atoms with Crippen molar-refractivity contribution >= 4 is 29.4 Å². The third-order valence-electron chi connectivity index (χ3n) is 6.37. The highest BCUT2D eigenvalue weighted by atomic mass is 16.2. The summed E-state index contributed by atoms with van der Waals surface area (Å²) in [5, 5.41) is 10.5. The lowest BCUT2D eigenvalue weighted by Crippen LogP contribution is -2.57. The second kappa shape index (κ2) is 15.1. The van der Waals surface area contributed by atoms with Crippen LogP contribution in [0.1, 0.15) is 42.3 Å². The van der Waals surface area contributed by atoms with Crippen LogP contribution in [-0.2, 0) is 32.1 Å². The number of ketones is 1. The number of carbonyl (C=O) groups is 5. The Morgan fingerprint density at radius 3 is 1.88 bits per heavy atom. The number of hydrogen-bond acceptors (Lipinski definition) is 6. The fraction of sp³-hybridized carbons (Fsp3) is 0.290. The maximum Gasteiger partial charge on any atom is 0.289 e. The van der Waals surface area contributed by atoms with E-state index in [2.05, 4.69) is 26.3 Å². The fourth-order valence-corrected chi connectivity index (χ4v) is 4.00. The van der Waals surface area contributed by atoms with Gasteiger partial charge >= 0.3 is 0 Å². The molecule has 0 aliphatic carbocycles. The first-order valence-corrected chi connectivity index (χ1v) is 13.4. The zero-order chi connectivity index (χ0) is 29.8. The van der Waals surface area contributed by atoms with E-state index in [-0.39, 0.29) is 18.9 Å². The van der Waals surface area contributed by atoms with E-state index >= 15 is 0 Å². The Balaban J connectivity index is 1.64. The number of pyridine rings is 1. The average Bonchev–Trinajstić information content (AvgIpc) is 2.99. The first-order valence-electron chi connectivity index (χ1n) is 13.4. The maximum absolute atomic E-state index is 13.3. The molecule has 0 fully saturated rings. The monoisotopic (exact) mass is 557 g/mol. The number of nitrogens with one attached hydrogen (secondary N) is 4. The van der Waals surface area contributed by atoms with Gasteiger partial charge in [-0.05, 0) is 36.1 Å². The Morgan fingerprint density at radius 1 is 0.707 bits per heavy atom. The standard InChI is InChI=1S/C31H35N5O5/c1-20(2)26(27(37)31(41)33-19-23-12-8-5-9-13-23)36-28(38)21(3)34-30(40)25(18-22-10-6-4-7-11-22)35-29(39)24-14-16-32-17-15-24/h4-17,20-21,25-26H,18-19H2,1-3H3,(H,33,41)(H,34,40)(H,35,39)(H,36,38). The molecular formula is C31H35N5O5. The molecule has 0 spiro atoms. The number of hydrogen-bond donors (Lipinski definition) is 4. The van der Waals surface area contributed by atoms with Gasteiger partial charge in [-0.15, -0.1) is 0 Å². The maximum atomic E-state index is 13.3. The van der Waals surface area contributed by atoms with Crippen LogP contribution >= 0.6 is 0 Å². The Morgan fingerprint density at radius 2 is 1.29 bits per heavy atom. The SMILES string of the molecule is CC(NC(=O)C(Cc1ccccc1)NC(=O)c1ccncc1)C(=O)NC(C(=O)C(=O)NCc1ccccc1)C(C)C. The number of benzene rings is 2. The van der Waals surface area contributed by atoms with Crippen molar-refractivity contribution in [1.82, 2.24) is 26.3 Å². The summed E-state index contributed by atoms with van der Waals surface area (Å²) in [6, 6.07) is 18.2. The Bertz CT molecular complexity index is 1330. The van der Waals surface area contributed by atoms with Crippen molar-refractivity contribution in [1.29, 1.82) is 0 Å². The zero-order valence-electron chi connectivity index (χ0n) is 23.3. The van der Waals surface area contributed by atoms with Gasteiger partial charge in [-0.3, -0.25) is 29.0 Å². The summed E-state index contributed by atoms with van der Waals surface area (Å²) in [6.45, 7) is 5.06. The van der Waals surface area contributed by atoms with Gasteiger partial charge in [0.25, 0.3) is 11.8 Å². The van der Waals surface area contributed by atoms with Crippen molar-refractivity contribution in [3.8, 4) is 0 Å². The van der Waals surface area contributed by atoms with Crippen LogP contribution in [0.5, 0.6) is 0 Å². The number of nitrogens with zero attached hydrogens (tertiary/aromatic N) is 1. The smallest absolute Gasteiger partial charge is 0.289 e. The molecule has 0 aliphatic rings. The molecule has 3 rings (SSSR count). The molecule has 10 heteroatoms. The molecule has 10 nitrogen and oxygen atoms in total. The molecule has 3 atom stereocenters. The van der Waals surface area contributed by atoms with E-state index in [4.69, 9.17) is 0 Å². The molecular weight excluding hydrogens is 522 g/mol. The average molecular weight is 558 g/mol. The van der Waals surface area contributed by atoms with E-state index in [1.807, 2.05) is 60.7 Å². The van der Waals surface area contributed by atoms with Gasteiger partial charge in [0.15, 0.2) is 0 Å². The Kier molecular flexibility index (Phi) is 11.3. The van der Waals surface area contributed by atoms with Crippen LogP contribution in [0.4, 0.5) is 0 Å². The summed E-state index contributed by atoms with van der Waals surface area (Å²) in [6.07, 6.45) is 3.14. The van der Waals surface area contributed by atoms with Gasteiger partial charge in [0, 0.05) is 30.9 Å². The van der Waals surface area contributed by atoms with Crippen LogP contribution in [0.25, 0.3) is 0 Å². The van der Waals surface area contributed by atoms with E-state index in [0.29, 0.717) is 5.56 Å². The van der Waals surface area contributed by atoms with E-state index in [1.165, 1.54) is 31.5 Å². The molecule has 0 saturated carbocycles. The normalized spacial score (nSPS) is 12.9. The molecule has 0 radical (unpaired) electrons. The molecule has 1 aromatic heterocycles. The number of rotatable bonds is 13. The minimum Gasteiger partial charge on any atom is -0.345 e. The van der Waals surface area contributed by atoms with Crippen LogP contribution in [0.2, 0.25) is 0 Å². The van der Waals surface area contributed by atoms with E-state index < -0.39 is 47.5 Å². The van der Waals surface area contributed by atoms with E-state index in [1.54, 1.807) is 13.8 Å². The molecule has 41 heavy (non-hydrogen) atoms. The molecule has 0 saturated heterocycles. The molecule has 4 amide bonds. The van der Waals surface area contributed by atoms with Crippen LogP contribution < -0.4 is 21.3 Å². The predicted molar refractivity (Wildman–Crippen MR) is 153 cm³/mol. The summed E-state index contributed by atoms with van der Waals surface area (Å²) < 4.78 is 0. The molecule has 4 N–H and O–H groups in total. The van der Waals surface area contributed by atoms with Crippen LogP contribution in [-0.4, -0.2) is 52.5 Å². The molecule has 2 aromatic carbocycles. The van der Waals surface area contributed by atoms with E-state index in [0.717, 1.165) is 11.1 Å². The molecule has 0 aliphatic heterocycles. The molecule has 214 valence electrons. The lowest BCUT2D eigenvalue weighted by Gasteiger charge is -2.25. The van der Waals surface area contributed by atoms with Crippen molar-refractivity contribution in [2.45, 2.75) is 51.9 Å². The largest absolute Gasteiger partial charge is 0.345 e. The number of amides is 4. The summed E-state index contributed by atoms with van der Waals surface area (Å²) in [5.74, 6) is -3.66. The van der Waals surface area contributed by atoms with Gasteiger partial charge in [-0.2, -0.15) is 0 Å². The van der Waals surface area contributed by atoms with Crippen molar-refractivity contribution in [2.24, 2.45) is 5.92 Å². The first kappa shape index (κ1) is 30.7. The van der Waals surface area contributed by atoms with Gasteiger partial charge in [-0.1, -0.05) is 74.5 Å². The Labute approximate surface area is 239 Å². The minimum atomic E-state index is -1.09. The van der Waals surface area contributed by atoms with Crippen LogP contribution in [0.15, 0.2) is 85.2 Å². The summed E-state index contributed by atoms with van der Waals surface area (Å²) in [4.78, 5) is 68.4. The van der Waals surface area contributed by atoms with Crippen LogP contribution in [0.3, 0.4) is 0 Å². The number of carbonyl (C=O) groups excluding carboxylic acids is 5. The third-order valence-corrected chi connectivity index (χ3v) is 6.37. The lowest BCUT2D eigenvalue weighted by molar-refractivity contribution is -0.141. The Hall–Kier alpha value is -4.86. The summed E-state index contributed by atoms with van der Waals surface area (Å²) >= 11 is 0. The van der Waals surface area contributed by atoms with Crippen molar-refractivity contribution in [3.63, 3.8) is 0 Å². The second-order valence-electron chi connectivity index (χ2n) is 9.94. The summed E-state index contributed by atoms with van der Waals surface area (Å²) in [5.41, 5.74) is 1.98. The first-order chi connectivity index (χ1) is 19.7. The molecule has 3 aromatic rings. The molecule has 3 unspecified atom stereocenters. The third kappa shape index (κ3) is 9.38. The second-order valence-corrected chi connectivity index (χ2v) is 9.94. The quantitative estimate of drug-likeness (QED) is 0.236. The van der Waals surface area contributed by atoms with Crippen LogP contribution in [0, 0.1) is 5.92 Å². The van der Waals surface area contributed by atoms with Gasteiger partial charge in [-0.25, -0.2) is 0 Å². The number of aromatic nitrogens is 1. The number of Topliss-reactive ketones (excluding diaryl/α,β-unsaturated/α-hetero) is 1. The minimum absolute atomic E-state index is 0.171. The molecule has 1 heterocycles. The van der Waals surface area contributed by atoms with E-state index in [9.17, 15) is 24.0 Å². The van der Waals surface area contributed by atoms with Crippen molar-refractivity contribution in [2.75, 3.05) is 0 Å². The van der Waals surface area contributed by atoms with Crippen molar-refractivity contribution in [3.05, 3.63) is 102 Å². The van der Waals surface area contributed by atoms with Gasteiger partial charge < -0.3 is 21.3 Å². The highest BCUT2D eigenvalue weighted by Crippen LogP contribution is 2.08. The topological polar surface area (TPSA) is 146 Å². The highest BCUT2D eigenvalue weighted by molar-refractivity contribution is 6.38. The van der Waals surface area contributed by atoms with Gasteiger partial charge in [0.2, 0.25) is 17.6 Å². The predicted octanol–water partition coefficient (Wildman–Crippen LogP) is 1.95. The van der Waals surface area contributed by atoms with Gasteiger partial charge in [0.05, 0.1) is 6.04 Å². The highest BCUT2D eigenvalue weighted by Gasteiger charge is 2.32. The lowest BCUT2D eigenvalue weighted by atomic mass is 9.98. The van der Waals surface area contributed by atoms with Crippen molar-refractivity contribution < 1.29 is 24.0 Å². The fourth-order valence-electron chi connectivity index (χ4n) is 4.00. The van der Waals surface area contributed by atoms with Gasteiger partial charge in [0.1, 0.15) is 12.1 Å². The zero-order valence-corrected chi connectivity index (χ0v) is 23.3. The molecule has 0 bridgehead atoms. The summed E-state index contributed by atoms with van der Waals surface area (Å²) in [7, 11) is 0.